The number of H-pyrrole nitrogens is 1. The fourth-order valence-corrected chi connectivity index (χ4v) is 11.0. The van der Waals surface area contributed by atoms with Crippen LogP contribution in [-0.2, 0) is 29.1 Å². The number of hydrogen-bond donors (Lipinski definition) is 5. The third-order valence-electron chi connectivity index (χ3n) is 15.1. The van der Waals surface area contributed by atoms with E-state index in [9.17, 15) is 29.7 Å². The van der Waals surface area contributed by atoms with Gasteiger partial charge in [0.05, 0.1) is 23.5 Å². The highest BCUT2D eigenvalue weighted by atomic mass is 16.3. The van der Waals surface area contributed by atoms with Crippen molar-refractivity contribution in [1.29, 1.82) is 0 Å². The number of phenols is 3. The average molecular weight is 991 g/mol. The number of likely N-dealkylation sites (tertiary alicyclic amines) is 1. The van der Waals surface area contributed by atoms with E-state index in [4.69, 9.17) is 9.97 Å². The van der Waals surface area contributed by atoms with E-state index in [-0.39, 0.29) is 40.8 Å². The molecule has 4 aliphatic heterocycles. The Bertz CT molecular complexity index is 3040. The first-order valence-electron chi connectivity index (χ1n) is 25.7. The van der Waals surface area contributed by atoms with Crippen molar-refractivity contribution < 1.29 is 24.9 Å². The second kappa shape index (κ2) is 21.3. The van der Waals surface area contributed by atoms with E-state index < -0.39 is 5.69 Å². The van der Waals surface area contributed by atoms with Crippen LogP contribution in [0.2, 0.25) is 0 Å². The molecule has 2 amide bonds. The van der Waals surface area contributed by atoms with Crippen molar-refractivity contribution in [3.05, 3.63) is 118 Å². The number of piperazine rings is 2. The Hall–Kier alpha value is -7.44. The number of benzene rings is 4. The summed E-state index contributed by atoms with van der Waals surface area (Å²) < 4.78 is 1.44. The number of anilines is 3. The zero-order valence-corrected chi connectivity index (χ0v) is 41.8. The molecule has 10 rings (SSSR count). The van der Waals surface area contributed by atoms with Crippen molar-refractivity contribution in [1.82, 2.24) is 44.3 Å². The van der Waals surface area contributed by atoms with Gasteiger partial charge in [-0.2, -0.15) is 10.1 Å². The van der Waals surface area contributed by atoms with Crippen molar-refractivity contribution in [3.8, 4) is 34.3 Å². The third-order valence-corrected chi connectivity index (χ3v) is 15.1. The Kier molecular flexibility index (Phi) is 14.4. The second-order valence-corrected chi connectivity index (χ2v) is 20.2. The molecule has 3 fully saturated rings. The number of aromatic nitrogens is 5. The van der Waals surface area contributed by atoms with Crippen LogP contribution in [0.3, 0.4) is 0 Å². The van der Waals surface area contributed by atoms with Crippen molar-refractivity contribution >= 4 is 40.0 Å². The molecule has 2 aromatic heterocycles. The predicted molar refractivity (Wildman–Crippen MR) is 283 cm³/mol. The number of carbonyl (C=O) groups excluding carboxylic acids is 2. The number of aromatic amines is 1. The first-order valence-corrected chi connectivity index (χ1v) is 25.7. The lowest BCUT2D eigenvalue weighted by atomic mass is 9.95. The maximum atomic E-state index is 13.6. The molecule has 0 atom stereocenters. The van der Waals surface area contributed by atoms with Gasteiger partial charge in [-0.3, -0.25) is 14.5 Å². The molecule has 18 heteroatoms. The molecule has 3 saturated heterocycles. The van der Waals surface area contributed by atoms with Crippen molar-refractivity contribution in [3.63, 3.8) is 0 Å². The molecular weight excluding hydrogens is 925 g/mol. The largest absolute Gasteiger partial charge is 0.508 e. The fraction of sp³-hybridized carbons (Fsp3) is 0.418. The van der Waals surface area contributed by atoms with Gasteiger partial charge in [0, 0.05) is 127 Å². The van der Waals surface area contributed by atoms with Gasteiger partial charge >= 0.3 is 5.69 Å². The number of hydrogen-bond acceptors (Lipinski definition) is 14. The van der Waals surface area contributed by atoms with Gasteiger partial charge in [0.1, 0.15) is 23.1 Å². The average Bonchev–Trinajstić information content (AvgIpc) is 3.79. The van der Waals surface area contributed by atoms with Crippen LogP contribution in [-0.4, -0.2) is 157 Å². The Morgan fingerprint density at radius 1 is 0.822 bits per heavy atom. The highest BCUT2D eigenvalue weighted by molar-refractivity contribution is 5.96. The second-order valence-electron chi connectivity index (χ2n) is 20.2. The van der Waals surface area contributed by atoms with E-state index >= 15 is 0 Å². The van der Waals surface area contributed by atoms with E-state index in [0.29, 0.717) is 74.4 Å². The van der Waals surface area contributed by atoms with Gasteiger partial charge < -0.3 is 45.1 Å². The van der Waals surface area contributed by atoms with Gasteiger partial charge in [0.15, 0.2) is 5.82 Å². The lowest BCUT2D eigenvalue weighted by molar-refractivity contribution is -0.132. The molecule has 6 heterocycles. The highest BCUT2D eigenvalue weighted by Crippen LogP contribution is 2.39. The Labute approximate surface area is 425 Å². The molecular formula is C55H66N12O6. The summed E-state index contributed by atoms with van der Waals surface area (Å²) in [5.41, 5.74) is 5.32. The summed E-state index contributed by atoms with van der Waals surface area (Å²) in [6, 6.07) is 22.5. The molecule has 4 aromatic carbocycles. The normalized spacial score (nSPS) is 17.1. The number of rotatable bonds is 14. The highest BCUT2D eigenvalue weighted by Gasteiger charge is 2.30. The maximum absolute atomic E-state index is 13.6. The summed E-state index contributed by atoms with van der Waals surface area (Å²) in [6.45, 7) is 18.9. The Morgan fingerprint density at radius 3 is 2.30 bits per heavy atom. The minimum absolute atomic E-state index is 0.00138. The van der Waals surface area contributed by atoms with Gasteiger partial charge in [0.25, 0.3) is 0 Å². The topological polar surface area (TPSA) is 203 Å². The minimum Gasteiger partial charge on any atom is -0.508 e. The van der Waals surface area contributed by atoms with Crippen molar-refractivity contribution in [2.24, 2.45) is 5.92 Å². The molecule has 0 bridgehead atoms. The van der Waals surface area contributed by atoms with Crippen LogP contribution in [0.15, 0.2) is 90.2 Å². The number of fused-ring (bicyclic) bond motifs is 2. The van der Waals surface area contributed by atoms with E-state index in [1.165, 1.54) is 16.7 Å². The summed E-state index contributed by atoms with van der Waals surface area (Å²) in [5.74, 6) is 2.29. The SMILES string of the molecule is C=CC(=O)N1CCN(c2nc(NCCC(=O)N3CCC(CN4CCN(Cc5ccc(-n6c(-c7cc(C(C)C)c(O)cc7O)n[nH]c6=O)cc5)CC4)CC3)nc3c2CCN(c2cc(O)cc4ccccc24)C3)CC1. The summed E-state index contributed by atoms with van der Waals surface area (Å²) in [4.78, 5) is 62.4. The van der Waals surface area contributed by atoms with Crippen LogP contribution in [0.25, 0.3) is 27.8 Å². The van der Waals surface area contributed by atoms with Gasteiger partial charge in [-0.05, 0) is 78.0 Å². The Morgan fingerprint density at radius 2 is 1.56 bits per heavy atom. The minimum atomic E-state index is -0.420. The molecule has 382 valence electrons. The molecule has 0 radical (unpaired) electrons. The number of phenolic OH excluding ortho intramolecular Hbond substituents is 3. The van der Waals surface area contributed by atoms with Crippen LogP contribution >= 0.6 is 0 Å². The van der Waals surface area contributed by atoms with Gasteiger partial charge in [0.2, 0.25) is 17.8 Å². The van der Waals surface area contributed by atoms with Crippen molar-refractivity contribution in [2.75, 3.05) is 100 Å². The lowest BCUT2D eigenvalue weighted by Gasteiger charge is -2.39. The van der Waals surface area contributed by atoms with Crippen LogP contribution in [0.1, 0.15) is 61.4 Å². The zero-order valence-electron chi connectivity index (χ0n) is 41.8. The first-order chi connectivity index (χ1) is 35.4. The molecule has 6 aromatic rings. The molecule has 5 N–H and O–H groups in total. The molecule has 0 saturated carbocycles. The quantitative estimate of drug-likeness (QED) is 0.0837. The van der Waals surface area contributed by atoms with E-state index in [1.54, 1.807) is 12.1 Å². The Balaban J connectivity index is 0.700. The third kappa shape index (κ3) is 10.7. The zero-order chi connectivity index (χ0) is 50.8. The monoisotopic (exact) mass is 991 g/mol. The van der Waals surface area contributed by atoms with Gasteiger partial charge in [-0.15, -0.1) is 0 Å². The summed E-state index contributed by atoms with van der Waals surface area (Å²) in [6.07, 6.45) is 4.38. The first kappa shape index (κ1) is 49.2. The van der Waals surface area contributed by atoms with Gasteiger partial charge in [-0.1, -0.05) is 56.8 Å². The molecule has 73 heavy (non-hydrogen) atoms. The van der Waals surface area contributed by atoms with Crippen LogP contribution in [0, 0.1) is 5.92 Å². The molecule has 0 aliphatic carbocycles. The van der Waals surface area contributed by atoms with E-state index in [2.05, 4.69) is 47.8 Å². The fourth-order valence-electron chi connectivity index (χ4n) is 11.0. The summed E-state index contributed by atoms with van der Waals surface area (Å²) in [5, 5.41) is 43.9. The van der Waals surface area contributed by atoms with Gasteiger partial charge in [-0.25, -0.2) is 19.4 Å². The maximum Gasteiger partial charge on any atom is 0.348 e. The van der Waals surface area contributed by atoms with Crippen LogP contribution in [0.4, 0.5) is 17.5 Å². The van der Waals surface area contributed by atoms with Crippen LogP contribution < -0.4 is 20.8 Å². The number of nitrogens with one attached hydrogen (secondary N) is 2. The van der Waals surface area contributed by atoms with Crippen molar-refractivity contribution in [2.45, 2.75) is 58.5 Å². The standard InChI is InChI=1S/C55H66N12O6/c1-4-50(71)64-25-27-65(28-26-64)52-43-16-20-66(47-30-41(68)29-39-7-5-6-8-42(39)47)35-46(43)57-54(58-52)56-17-13-51(72)63-18-14-38(15-19-63)34-62-23-21-61(22-24-62)33-37-9-11-40(12-10-37)67-53(59-60-55(67)73)45-31-44(36(2)3)48(69)32-49(45)70/h4-12,29-32,36,38,68-70H,1,13-28,33-35H2,2-3H3,(H,60,73)(H,56,57,58). The number of carbonyl (C=O) groups is 2. The summed E-state index contributed by atoms with van der Waals surface area (Å²) >= 11 is 0. The number of aromatic hydroxyl groups is 3. The smallest absolute Gasteiger partial charge is 0.348 e. The predicted octanol–water partition coefficient (Wildman–Crippen LogP) is 5.67. The number of piperidine rings is 1. The molecule has 0 spiro atoms. The summed E-state index contributed by atoms with van der Waals surface area (Å²) in [7, 11) is 0. The molecule has 18 nitrogen and oxygen atoms in total. The van der Waals surface area contributed by atoms with Crippen LogP contribution in [0.5, 0.6) is 17.2 Å². The number of nitrogens with zero attached hydrogens (tertiary/aromatic N) is 10. The number of amides is 2. The van der Waals surface area contributed by atoms with E-state index in [1.807, 2.05) is 72.2 Å². The molecule has 4 aliphatic rings. The lowest BCUT2D eigenvalue weighted by Crippen LogP contribution is -2.49. The van der Waals surface area contributed by atoms with E-state index in [0.717, 1.165) is 117 Å². The molecule has 0 unspecified atom stereocenters.